The summed E-state index contributed by atoms with van der Waals surface area (Å²) in [5.74, 6) is -0.346. The topological polar surface area (TPSA) is 55.1 Å². The lowest BCUT2D eigenvalue weighted by atomic mass is 9.62. The summed E-state index contributed by atoms with van der Waals surface area (Å²) in [7, 11) is 0. The Morgan fingerprint density at radius 1 is 1.53 bits per heavy atom. The summed E-state index contributed by atoms with van der Waals surface area (Å²) < 4.78 is 13.6. The molecule has 0 bridgehead atoms. The molecule has 0 saturated heterocycles. The number of rotatable bonds is 3. The molecule has 1 amide bonds. The third kappa shape index (κ3) is 2.47. The Labute approximate surface area is 117 Å². The molecule has 0 aromatic heterocycles. The van der Waals surface area contributed by atoms with Crippen molar-refractivity contribution in [2.45, 2.75) is 26.7 Å². The molecule has 1 saturated carbocycles. The minimum absolute atomic E-state index is 0.181. The fourth-order valence-electron chi connectivity index (χ4n) is 2.61. The molecule has 1 aliphatic carbocycles. The Morgan fingerprint density at radius 3 is 2.68 bits per heavy atom. The minimum Gasteiger partial charge on any atom is -0.392 e. The van der Waals surface area contributed by atoms with Gasteiger partial charge in [0.1, 0.15) is 5.82 Å². The number of carbonyl (C=O) groups is 1. The summed E-state index contributed by atoms with van der Waals surface area (Å²) >= 11 is 5.01. The van der Waals surface area contributed by atoms with Gasteiger partial charge in [-0.25, -0.2) is 4.39 Å². The standard InChI is InChI=1S/C14H17FN2OS/c1-8-3-4-10(15)11(5-8)17-13(18)14(12(16)19)6-9(2)7-14/h3-5,9H,6-7H2,1-2H3,(H2,16,19)(H,17,18). The number of hydrogen-bond acceptors (Lipinski definition) is 2. The van der Waals surface area contributed by atoms with Crippen LogP contribution in [-0.2, 0) is 4.79 Å². The van der Waals surface area contributed by atoms with E-state index in [9.17, 15) is 9.18 Å². The number of hydrogen-bond donors (Lipinski definition) is 2. The van der Waals surface area contributed by atoms with Crippen LogP contribution in [0.2, 0.25) is 0 Å². The van der Waals surface area contributed by atoms with Crippen LogP contribution < -0.4 is 11.1 Å². The molecule has 2 rings (SSSR count). The summed E-state index contributed by atoms with van der Waals surface area (Å²) in [6.07, 6.45) is 1.25. The van der Waals surface area contributed by atoms with Gasteiger partial charge in [0.05, 0.1) is 16.1 Å². The highest BCUT2D eigenvalue weighted by molar-refractivity contribution is 7.80. The molecule has 3 nitrogen and oxygen atoms in total. The van der Waals surface area contributed by atoms with Crippen molar-refractivity contribution in [3.63, 3.8) is 0 Å². The zero-order valence-electron chi connectivity index (χ0n) is 11.0. The summed E-state index contributed by atoms with van der Waals surface area (Å²) in [5, 5.41) is 2.61. The number of aryl methyl sites for hydroxylation is 1. The number of nitrogens with one attached hydrogen (secondary N) is 1. The molecule has 102 valence electrons. The third-order valence-electron chi connectivity index (χ3n) is 3.67. The maximum absolute atomic E-state index is 13.6. The molecule has 1 aromatic carbocycles. The molecular formula is C14H17FN2OS. The van der Waals surface area contributed by atoms with Crippen molar-refractivity contribution in [2.24, 2.45) is 17.1 Å². The van der Waals surface area contributed by atoms with E-state index in [1.807, 2.05) is 13.8 Å². The minimum atomic E-state index is -0.815. The molecule has 0 spiro atoms. The maximum Gasteiger partial charge on any atom is 0.237 e. The van der Waals surface area contributed by atoms with E-state index < -0.39 is 11.2 Å². The van der Waals surface area contributed by atoms with E-state index in [4.69, 9.17) is 18.0 Å². The van der Waals surface area contributed by atoms with Crippen molar-refractivity contribution in [3.8, 4) is 0 Å². The molecule has 0 unspecified atom stereocenters. The van der Waals surface area contributed by atoms with Crippen LogP contribution in [0.1, 0.15) is 25.3 Å². The zero-order chi connectivity index (χ0) is 14.2. The zero-order valence-corrected chi connectivity index (χ0v) is 11.8. The second kappa shape index (κ2) is 4.89. The monoisotopic (exact) mass is 280 g/mol. The van der Waals surface area contributed by atoms with Crippen LogP contribution in [0.15, 0.2) is 18.2 Å². The van der Waals surface area contributed by atoms with Crippen molar-refractivity contribution >= 4 is 28.8 Å². The first-order chi connectivity index (χ1) is 8.85. The molecule has 0 atom stereocenters. The molecule has 1 fully saturated rings. The van der Waals surface area contributed by atoms with Gasteiger partial charge in [-0.2, -0.15) is 0 Å². The van der Waals surface area contributed by atoms with Crippen LogP contribution in [-0.4, -0.2) is 10.9 Å². The molecule has 5 heteroatoms. The van der Waals surface area contributed by atoms with Crippen molar-refractivity contribution in [2.75, 3.05) is 5.32 Å². The lowest BCUT2D eigenvalue weighted by Gasteiger charge is -2.44. The predicted octanol–water partition coefficient (Wildman–Crippen LogP) is 2.78. The third-order valence-corrected chi connectivity index (χ3v) is 4.06. The number of amides is 1. The molecule has 1 aromatic rings. The van der Waals surface area contributed by atoms with Crippen molar-refractivity contribution < 1.29 is 9.18 Å². The van der Waals surface area contributed by atoms with Crippen LogP contribution in [0.5, 0.6) is 0 Å². The highest BCUT2D eigenvalue weighted by Gasteiger charge is 2.50. The Morgan fingerprint density at radius 2 is 2.16 bits per heavy atom. The van der Waals surface area contributed by atoms with E-state index in [0.717, 1.165) is 5.56 Å². The lowest BCUT2D eigenvalue weighted by molar-refractivity contribution is -0.127. The molecular weight excluding hydrogens is 263 g/mol. The van der Waals surface area contributed by atoms with E-state index in [1.54, 1.807) is 12.1 Å². The van der Waals surface area contributed by atoms with Gasteiger partial charge in [-0.3, -0.25) is 4.79 Å². The number of nitrogens with two attached hydrogens (primary N) is 1. The Bertz CT molecular complexity index is 538. The molecule has 0 radical (unpaired) electrons. The van der Waals surface area contributed by atoms with Crippen LogP contribution in [0.25, 0.3) is 0 Å². The van der Waals surface area contributed by atoms with Crippen molar-refractivity contribution in [1.29, 1.82) is 0 Å². The van der Waals surface area contributed by atoms with Crippen molar-refractivity contribution in [1.82, 2.24) is 0 Å². The Balaban J connectivity index is 2.21. The van der Waals surface area contributed by atoms with Gasteiger partial charge >= 0.3 is 0 Å². The largest absolute Gasteiger partial charge is 0.392 e. The van der Waals surface area contributed by atoms with Gasteiger partial charge < -0.3 is 11.1 Å². The van der Waals surface area contributed by atoms with E-state index in [0.29, 0.717) is 18.8 Å². The first kappa shape index (κ1) is 13.9. The van der Waals surface area contributed by atoms with Gasteiger partial charge in [-0.05, 0) is 43.4 Å². The lowest BCUT2D eigenvalue weighted by Crippen LogP contribution is -2.53. The fourth-order valence-corrected chi connectivity index (χ4v) is 2.86. The Hall–Kier alpha value is -1.49. The van der Waals surface area contributed by atoms with Gasteiger partial charge in [0.2, 0.25) is 5.91 Å². The molecule has 19 heavy (non-hydrogen) atoms. The first-order valence-corrected chi connectivity index (χ1v) is 6.63. The van der Waals surface area contributed by atoms with E-state index >= 15 is 0 Å². The highest BCUT2D eigenvalue weighted by Crippen LogP contribution is 2.46. The summed E-state index contributed by atoms with van der Waals surface area (Å²) in [5.41, 5.74) is 5.94. The van der Waals surface area contributed by atoms with Crippen LogP contribution in [0.4, 0.5) is 10.1 Å². The predicted molar refractivity (Wildman–Crippen MR) is 77.4 cm³/mol. The Kier molecular flexibility index (Phi) is 3.58. The van der Waals surface area contributed by atoms with Crippen LogP contribution in [0, 0.1) is 24.1 Å². The fraction of sp³-hybridized carbons (Fsp3) is 0.429. The van der Waals surface area contributed by atoms with Gasteiger partial charge in [0.25, 0.3) is 0 Å². The number of thiocarbonyl (C=S) groups is 1. The van der Waals surface area contributed by atoms with Crippen molar-refractivity contribution in [3.05, 3.63) is 29.6 Å². The smallest absolute Gasteiger partial charge is 0.237 e. The van der Waals surface area contributed by atoms with E-state index in [-0.39, 0.29) is 16.6 Å². The second-order valence-corrected chi connectivity index (χ2v) is 5.84. The SMILES string of the molecule is Cc1ccc(F)c(NC(=O)C2(C(N)=S)CC(C)C2)c1. The summed E-state index contributed by atoms with van der Waals surface area (Å²) in [6, 6.07) is 4.59. The summed E-state index contributed by atoms with van der Waals surface area (Å²) in [6.45, 7) is 3.88. The van der Waals surface area contributed by atoms with E-state index in [2.05, 4.69) is 5.32 Å². The molecule has 3 N–H and O–H groups in total. The van der Waals surface area contributed by atoms with Gasteiger partial charge in [0, 0.05) is 0 Å². The second-order valence-electron chi connectivity index (χ2n) is 5.40. The van der Waals surface area contributed by atoms with Gasteiger partial charge in [-0.1, -0.05) is 25.2 Å². The first-order valence-electron chi connectivity index (χ1n) is 6.22. The summed E-state index contributed by atoms with van der Waals surface area (Å²) in [4.78, 5) is 12.5. The van der Waals surface area contributed by atoms with Gasteiger partial charge in [-0.15, -0.1) is 0 Å². The maximum atomic E-state index is 13.6. The highest BCUT2D eigenvalue weighted by atomic mass is 32.1. The van der Waals surface area contributed by atoms with E-state index in [1.165, 1.54) is 6.07 Å². The van der Waals surface area contributed by atoms with Crippen LogP contribution in [0.3, 0.4) is 0 Å². The van der Waals surface area contributed by atoms with Gasteiger partial charge in [0.15, 0.2) is 0 Å². The number of anilines is 1. The molecule has 1 aliphatic rings. The average molecular weight is 280 g/mol. The number of benzene rings is 1. The molecule has 0 heterocycles. The average Bonchev–Trinajstić information content (AvgIpc) is 2.28. The molecule has 0 aliphatic heterocycles. The quantitative estimate of drug-likeness (QED) is 0.837. The number of halogens is 1. The van der Waals surface area contributed by atoms with Crippen LogP contribution >= 0.6 is 12.2 Å². The number of carbonyl (C=O) groups excluding carboxylic acids is 1. The normalized spacial score (nSPS) is 25.5.